The van der Waals surface area contributed by atoms with Crippen molar-refractivity contribution in [2.75, 3.05) is 0 Å². The van der Waals surface area contributed by atoms with Gasteiger partial charge in [0.05, 0.1) is 5.56 Å². The number of rotatable bonds is 3. The Morgan fingerprint density at radius 1 is 1.32 bits per heavy atom. The Morgan fingerprint density at radius 2 is 2.00 bits per heavy atom. The number of hydrogen-bond acceptors (Lipinski definition) is 4. The number of aromatic nitrogens is 2. The summed E-state index contributed by atoms with van der Waals surface area (Å²) >= 11 is 0. The van der Waals surface area contributed by atoms with Crippen molar-refractivity contribution >= 4 is 6.29 Å². The van der Waals surface area contributed by atoms with E-state index in [2.05, 4.69) is 30.7 Å². The third-order valence-electron chi connectivity index (χ3n) is 5.75. The second-order valence-electron chi connectivity index (χ2n) is 6.63. The molecule has 4 nitrogen and oxygen atoms in total. The summed E-state index contributed by atoms with van der Waals surface area (Å²) in [5.41, 5.74) is 0.997. The van der Waals surface area contributed by atoms with E-state index in [-0.39, 0.29) is 11.5 Å². The molecule has 1 aromatic rings. The van der Waals surface area contributed by atoms with Crippen molar-refractivity contribution in [3.05, 3.63) is 18.0 Å². The molecule has 2 aliphatic rings. The first kappa shape index (κ1) is 12.6. The molecule has 0 N–H and O–H groups in total. The third kappa shape index (κ3) is 1.69. The number of fused-ring (bicyclic) bond motifs is 2. The summed E-state index contributed by atoms with van der Waals surface area (Å²) in [5.74, 6) is 0.733. The van der Waals surface area contributed by atoms with Gasteiger partial charge in [-0.1, -0.05) is 20.8 Å². The van der Waals surface area contributed by atoms with Gasteiger partial charge >= 0.3 is 6.01 Å². The van der Waals surface area contributed by atoms with Gasteiger partial charge in [-0.15, -0.1) is 0 Å². The van der Waals surface area contributed by atoms with Crippen LogP contribution in [0.5, 0.6) is 6.01 Å². The molecule has 0 aromatic carbocycles. The smallest absolute Gasteiger partial charge is 0.316 e. The maximum absolute atomic E-state index is 10.6. The zero-order valence-electron chi connectivity index (χ0n) is 11.7. The molecule has 19 heavy (non-hydrogen) atoms. The summed E-state index contributed by atoms with van der Waals surface area (Å²) in [6.07, 6.45) is 7.54. The van der Waals surface area contributed by atoms with Gasteiger partial charge in [0.25, 0.3) is 0 Å². The molecule has 4 heteroatoms. The van der Waals surface area contributed by atoms with Crippen molar-refractivity contribution in [2.24, 2.45) is 16.7 Å². The highest BCUT2D eigenvalue weighted by Crippen LogP contribution is 2.65. The van der Waals surface area contributed by atoms with E-state index in [0.717, 1.165) is 18.6 Å². The zero-order chi connectivity index (χ0) is 13.7. The van der Waals surface area contributed by atoms with Crippen molar-refractivity contribution in [3.8, 4) is 6.01 Å². The van der Waals surface area contributed by atoms with Crippen molar-refractivity contribution in [3.63, 3.8) is 0 Å². The first-order chi connectivity index (χ1) is 8.97. The first-order valence-corrected chi connectivity index (χ1v) is 6.91. The van der Waals surface area contributed by atoms with E-state index in [1.165, 1.54) is 25.2 Å². The molecule has 3 atom stereocenters. The van der Waals surface area contributed by atoms with Crippen LogP contribution in [0.2, 0.25) is 0 Å². The lowest BCUT2D eigenvalue weighted by molar-refractivity contribution is 0.0241. The number of nitrogens with zero attached hydrogens (tertiary/aromatic N) is 2. The van der Waals surface area contributed by atoms with Gasteiger partial charge in [0.15, 0.2) is 6.29 Å². The lowest BCUT2D eigenvalue weighted by Crippen LogP contribution is -2.39. The van der Waals surface area contributed by atoms with Gasteiger partial charge in [0.1, 0.15) is 6.10 Å². The van der Waals surface area contributed by atoms with Gasteiger partial charge in [-0.2, -0.15) is 0 Å². The summed E-state index contributed by atoms with van der Waals surface area (Å²) in [6.45, 7) is 7.03. The van der Waals surface area contributed by atoms with Gasteiger partial charge in [-0.3, -0.25) is 4.79 Å². The molecule has 3 unspecified atom stereocenters. The van der Waals surface area contributed by atoms with Crippen LogP contribution in [0, 0.1) is 16.7 Å². The fourth-order valence-electron chi connectivity index (χ4n) is 3.88. The highest BCUT2D eigenvalue weighted by Gasteiger charge is 2.62. The van der Waals surface area contributed by atoms with Crippen LogP contribution in [0.1, 0.15) is 50.4 Å². The molecule has 1 aromatic heterocycles. The van der Waals surface area contributed by atoms with Crippen LogP contribution in [-0.2, 0) is 0 Å². The van der Waals surface area contributed by atoms with Gasteiger partial charge in [-0.25, -0.2) is 9.97 Å². The van der Waals surface area contributed by atoms with Gasteiger partial charge in [0, 0.05) is 17.8 Å². The Morgan fingerprint density at radius 3 is 2.47 bits per heavy atom. The van der Waals surface area contributed by atoms with E-state index in [4.69, 9.17) is 4.74 Å². The number of ether oxygens (including phenoxy) is 1. The largest absolute Gasteiger partial charge is 0.460 e. The maximum Gasteiger partial charge on any atom is 0.316 e. The topological polar surface area (TPSA) is 52.1 Å². The van der Waals surface area contributed by atoms with E-state index in [1.807, 2.05) is 0 Å². The maximum atomic E-state index is 10.6. The molecule has 0 aliphatic heterocycles. The molecule has 1 heterocycles. The van der Waals surface area contributed by atoms with E-state index in [1.54, 1.807) is 0 Å². The summed E-state index contributed by atoms with van der Waals surface area (Å²) in [6, 6.07) is 0.389. The molecule has 0 amide bonds. The quantitative estimate of drug-likeness (QED) is 0.784. The fourth-order valence-corrected chi connectivity index (χ4v) is 3.88. The Kier molecular flexibility index (Phi) is 2.66. The Labute approximate surface area is 113 Å². The average molecular weight is 260 g/mol. The molecule has 2 saturated carbocycles. The van der Waals surface area contributed by atoms with E-state index in [9.17, 15) is 4.79 Å². The average Bonchev–Trinajstić information content (AvgIpc) is 2.73. The van der Waals surface area contributed by atoms with E-state index < -0.39 is 0 Å². The minimum atomic E-state index is 0.184. The lowest BCUT2D eigenvalue weighted by Gasteiger charge is -2.38. The summed E-state index contributed by atoms with van der Waals surface area (Å²) < 4.78 is 6.01. The van der Waals surface area contributed by atoms with Gasteiger partial charge < -0.3 is 4.74 Å². The zero-order valence-corrected chi connectivity index (χ0v) is 11.7. The molecule has 0 saturated heterocycles. The molecular formula is C15H20N2O2. The lowest BCUT2D eigenvalue weighted by atomic mass is 9.70. The van der Waals surface area contributed by atoms with Crippen LogP contribution in [0.25, 0.3) is 0 Å². The van der Waals surface area contributed by atoms with Crippen LogP contribution in [0.4, 0.5) is 0 Å². The monoisotopic (exact) mass is 260 g/mol. The standard InChI is InChI=1S/C15H20N2O2/c1-14(2)11-4-5-15(14,3)12(6-11)19-13-16-7-10(9-18)8-17-13/h7-9,11-12H,4-6H2,1-3H3. The molecule has 102 valence electrons. The van der Waals surface area contributed by atoms with E-state index >= 15 is 0 Å². The minimum Gasteiger partial charge on any atom is -0.460 e. The molecular weight excluding hydrogens is 240 g/mol. The number of aldehydes is 1. The number of hydrogen-bond donors (Lipinski definition) is 0. The molecule has 3 rings (SSSR count). The SMILES string of the molecule is CC1(C)C2CCC1(C)C(Oc1ncc(C=O)cn1)C2. The van der Waals surface area contributed by atoms with E-state index in [0.29, 0.717) is 17.0 Å². The summed E-state index contributed by atoms with van der Waals surface area (Å²) in [5, 5.41) is 0. The predicted octanol–water partition coefficient (Wildman–Crippen LogP) is 2.88. The highest BCUT2D eigenvalue weighted by atomic mass is 16.5. The fraction of sp³-hybridized carbons (Fsp3) is 0.667. The Bertz CT molecular complexity index is 497. The number of carbonyl (C=O) groups excluding carboxylic acids is 1. The van der Waals surface area contributed by atoms with Crippen molar-refractivity contribution in [2.45, 2.75) is 46.1 Å². The highest BCUT2D eigenvalue weighted by molar-refractivity contribution is 5.73. The normalized spacial score (nSPS) is 35.3. The van der Waals surface area contributed by atoms with Crippen LogP contribution >= 0.6 is 0 Å². The molecule has 2 bridgehead atoms. The third-order valence-corrected chi connectivity index (χ3v) is 5.75. The Hall–Kier alpha value is -1.45. The number of carbonyl (C=O) groups is 1. The van der Waals surface area contributed by atoms with Gasteiger partial charge in [0.2, 0.25) is 0 Å². The first-order valence-electron chi connectivity index (χ1n) is 6.91. The molecule has 2 aliphatic carbocycles. The Balaban J connectivity index is 1.79. The summed E-state index contributed by atoms with van der Waals surface area (Å²) in [4.78, 5) is 18.8. The molecule has 0 spiro atoms. The van der Waals surface area contributed by atoms with Crippen LogP contribution in [-0.4, -0.2) is 22.4 Å². The molecule has 0 radical (unpaired) electrons. The van der Waals surface area contributed by atoms with Crippen molar-refractivity contribution < 1.29 is 9.53 Å². The second kappa shape index (κ2) is 4.02. The van der Waals surface area contributed by atoms with Crippen LogP contribution in [0.3, 0.4) is 0 Å². The molecule has 2 fully saturated rings. The van der Waals surface area contributed by atoms with Crippen LogP contribution in [0.15, 0.2) is 12.4 Å². The predicted molar refractivity (Wildman–Crippen MR) is 71.1 cm³/mol. The summed E-state index contributed by atoms with van der Waals surface area (Å²) in [7, 11) is 0. The van der Waals surface area contributed by atoms with Crippen molar-refractivity contribution in [1.82, 2.24) is 9.97 Å². The van der Waals surface area contributed by atoms with Gasteiger partial charge in [-0.05, 0) is 30.6 Å². The minimum absolute atomic E-state index is 0.184. The van der Waals surface area contributed by atoms with Crippen molar-refractivity contribution in [1.29, 1.82) is 0 Å². The van der Waals surface area contributed by atoms with Crippen LogP contribution < -0.4 is 4.74 Å². The second-order valence-corrected chi connectivity index (χ2v) is 6.63.